The lowest BCUT2D eigenvalue weighted by atomic mass is 9.92. The Morgan fingerprint density at radius 1 is 1.21 bits per heavy atom. The second-order valence-electron chi connectivity index (χ2n) is 5.98. The number of aryl methyl sites for hydroxylation is 1. The van der Waals surface area contributed by atoms with Crippen LogP contribution in [-0.4, -0.2) is 31.3 Å². The van der Waals surface area contributed by atoms with Crippen LogP contribution in [0.4, 0.5) is 4.79 Å². The SMILES string of the molecule is CC1=C(C(=O)OCCOC(C)C)C(c2ccccc2C)NC(=O)N1. The summed E-state index contributed by atoms with van der Waals surface area (Å²) in [5, 5.41) is 5.44. The monoisotopic (exact) mass is 332 g/mol. The van der Waals surface area contributed by atoms with Crippen molar-refractivity contribution in [1.82, 2.24) is 10.6 Å². The molecule has 1 heterocycles. The highest BCUT2D eigenvalue weighted by atomic mass is 16.6. The minimum atomic E-state index is -0.529. The molecule has 130 valence electrons. The maximum absolute atomic E-state index is 12.5. The molecular weight excluding hydrogens is 308 g/mol. The maximum atomic E-state index is 12.5. The number of carbonyl (C=O) groups excluding carboxylic acids is 2. The molecule has 0 saturated carbocycles. The number of allylic oxidation sites excluding steroid dienone is 1. The lowest BCUT2D eigenvalue weighted by Gasteiger charge is -2.29. The van der Waals surface area contributed by atoms with Crippen molar-refractivity contribution in [2.24, 2.45) is 0 Å². The molecule has 1 aromatic rings. The topological polar surface area (TPSA) is 76.7 Å². The van der Waals surface area contributed by atoms with Gasteiger partial charge in [-0.25, -0.2) is 9.59 Å². The van der Waals surface area contributed by atoms with E-state index in [-0.39, 0.29) is 18.7 Å². The third-order valence-corrected chi connectivity index (χ3v) is 3.76. The molecule has 1 aromatic carbocycles. The van der Waals surface area contributed by atoms with Gasteiger partial charge in [0.25, 0.3) is 0 Å². The van der Waals surface area contributed by atoms with Gasteiger partial charge in [0.2, 0.25) is 0 Å². The summed E-state index contributed by atoms with van der Waals surface area (Å²) in [6, 6.07) is 6.77. The second kappa shape index (κ2) is 7.97. The molecule has 24 heavy (non-hydrogen) atoms. The van der Waals surface area contributed by atoms with Crippen LogP contribution >= 0.6 is 0 Å². The molecule has 0 spiro atoms. The summed E-state index contributed by atoms with van der Waals surface area (Å²) < 4.78 is 10.7. The number of rotatable bonds is 6. The molecule has 0 bridgehead atoms. The first-order valence-electron chi connectivity index (χ1n) is 8.02. The zero-order valence-electron chi connectivity index (χ0n) is 14.5. The first-order chi connectivity index (χ1) is 11.4. The van der Waals surface area contributed by atoms with Crippen molar-refractivity contribution in [3.8, 4) is 0 Å². The predicted octanol–water partition coefficient (Wildman–Crippen LogP) is 2.59. The Balaban J connectivity index is 2.19. The summed E-state index contributed by atoms with van der Waals surface area (Å²) in [4.78, 5) is 24.4. The van der Waals surface area contributed by atoms with Gasteiger partial charge in [-0.3, -0.25) is 0 Å². The van der Waals surface area contributed by atoms with Gasteiger partial charge in [0.15, 0.2) is 0 Å². The number of ether oxygens (including phenoxy) is 2. The fourth-order valence-electron chi connectivity index (χ4n) is 2.60. The van der Waals surface area contributed by atoms with E-state index in [1.165, 1.54) is 0 Å². The molecule has 0 aliphatic carbocycles. The molecule has 0 saturated heterocycles. The minimum Gasteiger partial charge on any atom is -0.460 e. The molecule has 2 rings (SSSR count). The summed E-state index contributed by atoms with van der Waals surface area (Å²) in [6.07, 6.45) is 0.0833. The molecule has 1 aliphatic rings. The van der Waals surface area contributed by atoms with Crippen LogP contribution in [0.5, 0.6) is 0 Å². The first kappa shape index (κ1) is 18.0. The molecule has 0 fully saturated rings. The number of urea groups is 1. The van der Waals surface area contributed by atoms with E-state index in [0.29, 0.717) is 17.9 Å². The van der Waals surface area contributed by atoms with Crippen LogP contribution in [0.25, 0.3) is 0 Å². The van der Waals surface area contributed by atoms with E-state index < -0.39 is 12.0 Å². The zero-order valence-corrected chi connectivity index (χ0v) is 14.5. The van der Waals surface area contributed by atoms with Crippen LogP contribution in [0, 0.1) is 6.92 Å². The third kappa shape index (κ3) is 4.35. The molecule has 1 aliphatic heterocycles. The molecule has 0 radical (unpaired) electrons. The average Bonchev–Trinajstić information content (AvgIpc) is 2.51. The van der Waals surface area contributed by atoms with Crippen molar-refractivity contribution < 1.29 is 19.1 Å². The molecule has 0 aromatic heterocycles. The van der Waals surface area contributed by atoms with Crippen LogP contribution in [0.15, 0.2) is 35.5 Å². The number of nitrogens with one attached hydrogen (secondary N) is 2. The van der Waals surface area contributed by atoms with E-state index in [9.17, 15) is 9.59 Å². The van der Waals surface area contributed by atoms with Gasteiger partial charge in [0.1, 0.15) is 6.61 Å². The zero-order chi connectivity index (χ0) is 17.7. The van der Waals surface area contributed by atoms with Gasteiger partial charge in [-0.1, -0.05) is 24.3 Å². The highest BCUT2D eigenvalue weighted by Gasteiger charge is 2.32. The fourth-order valence-corrected chi connectivity index (χ4v) is 2.60. The Labute approximate surface area is 142 Å². The molecule has 1 atom stereocenters. The van der Waals surface area contributed by atoms with Gasteiger partial charge in [-0.2, -0.15) is 0 Å². The second-order valence-corrected chi connectivity index (χ2v) is 5.98. The molecule has 2 N–H and O–H groups in total. The Kier molecular flexibility index (Phi) is 5.98. The van der Waals surface area contributed by atoms with Crippen LogP contribution < -0.4 is 10.6 Å². The predicted molar refractivity (Wildman–Crippen MR) is 90.3 cm³/mol. The molecule has 2 amide bonds. The van der Waals surface area contributed by atoms with Crippen LogP contribution in [-0.2, 0) is 14.3 Å². The number of amides is 2. The van der Waals surface area contributed by atoms with Crippen molar-refractivity contribution in [3.63, 3.8) is 0 Å². The van der Waals surface area contributed by atoms with Crippen LogP contribution in [0.1, 0.15) is 37.9 Å². The van der Waals surface area contributed by atoms with E-state index in [2.05, 4.69) is 10.6 Å². The van der Waals surface area contributed by atoms with Gasteiger partial charge in [0.05, 0.1) is 24.3 Å². The van der Waals surface area contributed by atoms with Crippen LogP contribution in [0.3, 0.4) is 0 Å². The summed E-state index contributed by atoms with van der Waals surface area (Å²) in [5.41, 5.74) is 2.78. The number of benzene rings is 1. The maximum Gasteiger partial charge on any atom is 0.338 e. The van der Waals surface area contributed by atoms with Gasteiger partial charge in [-0.05, 0) is 38.8 Å². The molecule has 6 nitrogen and oxygen atoms in total. The largest absolute Gasteiger partial charge is 0.460 e. The van der Waals surface area contributed by atoms with E-state index >= 15 is 0 Å². The highest BCUT2D eigenvalue weighted by Crippen LogP contribution is 2.29. The Bertz CT molecular complexity index is 652. The van der Waals surface area contributed by atoms with E-state index in [1.54, 1.807) is 6.92 Å². The number of carbonyl (C=O) groups is 2. The first-order valence-corrected chi connectivity index (χ1v) is 8.02. The molecular formula is C18H24N2O4. The minimum absolute atomic E-state index is 0.0833. The lowest BCUT2D eigenvalue weighted by Crippen LogP contribution is -2.45. The third-order valence-electron chi connectivity index (χ3n) is 3.76. The van der Waals surface area contributed by atoms with Gasteiger partial charge >= 0.3 is 12.0 Å². The summed E-state index contributed by atoms with van der Waals surface area (Å²) in [5.74, 6) is -0.458. The quantitative estimate of drug-likeness (QED) is 0.620. The number of esters is 1. The standard InChI is InChI=1S/C18H24N2O4/c1-11(2)23-9-10-24-17(21)15-13(4)19-18(22)20-16(15)14-8-6-5-7-12(14)3/h5-8,11,16H,9-10H2,1-4H3,(H2,19,20,22). The van der Waals surface area contributed by atoms with Crippen molar-refractivity contribution in [3.05, 3.63) is 46.7 Å². The summed E-state index contributed by atoms with van der Waals surface area (Å²) in [6.45, 7) is 7.99. The normalized spacial score (nSPS) is 17.5. The average molecular weight is 332 g/mol. The van der Waals surface area contributed by atoms with Crippen molar-refractivity contribution in [2.75, 3.05) is 13.2 Å². The Morgan fingerprint density at radius 2 is 1.92 bits per heavy atom. The summed E-state index contributed by atoms with van der Waals surface area (Å²) >= 11 is 0. The smallest absolute Gasteiger partial charge is 0.338 e. The van der Waals surface area contributed by atoms with Crippen molar-refractivity contribution in [1.29, 1.82) is 0 Å². The van der Waals surface area contributed by atoms with Crippen molar-refractivity contribution in [2.45, 2.75) is 39.8 Å². The van der Waals surface area contributed by atoms with E-state index in [1.807, 2.05) is 45.0 Å². The van der Waals surface area contributed by atoms with E-state index in [0.717, 1.165) is 11.1 Å². The van der Waals surface area contributed by atoms with Crippen LogP contribution in [0.2, 0.25) is 0 Å². The Morgan fingerprint density at radius 3 is 2.58 bits per heavy atom. The van der Waals surface area contributed by atoms with E-state index in [4.69, 9.17) is 9.47 Å². The highest BCUT2D eigenvalue weighted by molar-refractivity contribution is 5.95. The summed E-state index contributed by atoms with van der Waals surface area (Å²) in [7, 11) is 0. The van der Waals surface area contributed by atoms with Gasteiger partial charge in [0, 0.05) is 5.70 Å². The number of hydrogen-bond acceptors (Lipinski definition) is 4. The van der Waals surface area contributed by atoms with Crippen molar-refractivity contribution >= 4 is 12.0 Å². The lowest BCUT2D eigenvalue weighted by molar-refractivity contribution is -0.141. The Hall–Kier alpha value is -2.34. The molecule has 6 heteroatoms. The van der Waals surface area contributed by atoms with Gasteiger partial charge in [-0.15, -0.1) is 0 Å². The molecule has 1 unspecified atom stereocenters. The fraction of sp³-hybridized carbons (Fsp3) is 0.444. The van der Waals surface area contributed by atoms with Gasteiger partial charge < -0.3 is 20.1 Å². The number of hydrogen-bond donors (Lipinski definition) is 2.